The zero-order chi connectivity index (χ0) is 11.4. The summed E-state index contributed by atoms with van der Waals surface area (Å²) in [5, 5.41) is 0. The molecule has 1 aliphatic heterocycles. The Hall–Kier alpha value is -1.86. The van der Waals surface area contributed by atoms with Gasteiger partial charge in [0.1, 0.15) is 5.69 Å². The summed E-state index contributed by atoms with van der Waals surface area (Å²) in [4.78, 5) is 10.5. The van der Waals surface area contributed by atoms with E-state index in [2.05, 4.69) is 27.4 Å². The molecule has 0 N–H and O–H groups in total. The fraction of sp³-hybridized carbons (Fsp3) is 0.333. The van der Waals surface area contributed by atoms with E-state index in [4.69, 9.17) is 11.2 Å². The maximum absolute atomic E-state index is 5.48. The van der Waals surface area contributed by atoms with Gasteiger partial charge in [-0.25, -0.2) is 9.97 Å². The normalized spacial score (nSPS) is 20.2. The molecule has 1 aliphatic rings. The summed E-state index contributed by atoms with van der Waals surface area (Å²) in [6, 6.07) is 1.72. The van der Waals surface area contributed by atoms with Crippen LogP contribution in [0.15, 0.2) is 24.9 Å². The van der Waals surface area contributed by atoms with Crippen molar-refractivity contribution >= 4 is 5.95 Å². The monoisotopic (exact) mass is 215 g/mol. The number of nitrogens with zero attached hydrogens (tertiary/aromatic N) is 3. The highest BCUT2D eigenvalue weighted by Crippen LogP contribution is 2.13. The molecule has 1 atom stereocenters. The SMILES string of the molecule is C#Cc1ccnc(N2CCOC(C=C)C2)n1. The van der Waals surface area contributed by atoms with Crippen LogP contribution in [-0.2, 0) is 4.74 Å². The molecule has 0 radical (unpaired) electrons. The van der Waals surface area contributed by atoms with Gasteiger partial charge in [-0.2, -0.15) is 0 Å². The summed E-state index contributed by atoms with van der Waals surface area (Å²) >= 11 is 0. The lowest BCUT2D eigenvalue weighted by atomic mass is 10.3. The van der Waals surface area contributed by atoms with Gasteiger partial charge in [-0.15, -0.1) is 13.0 Å². The summed E-state index contributed by atoms with van der Waals surface area (Å²) in [6.45, 7) is 5.87. The second-order valence-corrected chi connectivity index (χ2v) is 3.48. The average molecular weight is 215 g/mol. The van der Waals surface area contributed by atoms with Gasteiger partial charge in [0.05, 0.1) is 19.3 Å². The van der Waals surface area contributed by atoms with Crippen molar-refractivity contribution < 1.29 is 4.74 Å². The zero-order valence-corrected chi connectivity index (χ0v) is 8.97. The summed E-state index contributed by atoms with van der Waals surface area (Å²) in [5.74, 6) is 3.16. The van der Waals surface area contributed by atoms with Crippen LogP contribution in [0, 0.1) is 12.3 Å². The van der Waals surface area contributed by atoms with E-state index in [0.717, 1.165) is 13.1 Å². The van der Waals surface area contributed by atoms with Gasteiger partial charge in [-0.1, -0.05) is 12.0 Å². The predicted molar refractivity (Wildman–Crippen MR) is 62.1 cm³/mol. The van der Waals surface area contributed by atoms with Crippen LogP contribution < -0.4 is 4.90 Å². The molecule has 0 aromatic carbocycles. The number of hydrogen-bond donors (Lipinski definition) is 0. The van der Waals surface area contributed by atoms with Gasteiger partial charge >= 0.3 is 0 Å². The lowest BCUT2D eigenvalue weighted by Crippen LogP contribution is -2.42. The molecule has 0 spiro atoms. The number of ether oxygens (including phenoxy) is 1. The van der Waals surface area contributed by atoms with E-state index >= 15 is 0 Å². The fourth-order valence-electron chi connectivity index (χ4n) is 1.58. The summed E-state index contributed by atoms with van der Waals surface area (Å²) in [5.41, 5.74) is 0.603. The number of rotatable bonds is 2. The summed E-state index contributed by atoms with van der Waals surface area (Å²) in [6.07, 6.45) is 8.80. The Balaban J connectivity index is 2.17. The molecule has 16 heavy (non-hydrogen) atoms. The molecule has 1 fully saturated rings. The number of terminal acetylenes is 1. The van der Waals surface area contributed by atoms with Gasteiger partial charge in [-0.3, -0.25) is 0 Å². The highest BCUT2D eigenvalue weighted by molar-refractivity contribution is 5.35. The van der Waals surface area contributed by atoms with E-state index in [1.807, 2.05) is 0 Å². The molecule has 2 heterocycles. The lowest BCUT2D eigenvalue weighted by Gasteiger charge is -2.31. The van der Waals surface area contributed by atoms with Crippen LogP contribution in [0.2, 0.25) is 0 Å². The Kier molecular flexibility index (Phi) is 3.18. The molecule has 82 valence electrons. The standard InChI is InChI=1S/C12H13N3O/c1-3-10-5-6-13-12(14-10)15-7-8-16-11(4-2)9-15/h1,4-6,11H,2,7-9H2. The summed E-state index contributed by atoms with van der Waals surface area (Å²) < 4.78 is 5.48. The van der Waals surface area contributed by atoms with E-state index in [1.54, 1.807) is 18.3 Å². The number of hydrogen-bond acceptors (Lipinski definition) is 4. The molecule has 0 saturated carbocycles. The molecule has 4 nitrogen and oxygen atoms in total. The first-order valence-corrected chi connectivity index (χ1v) is 5.12. The third-order valence-corrected chi connectivity index (χ3v) is 2.43. The third-order valence-electron chi connectivity index (χ3n) is 2.43. The second-order valence-electron chi connectivity index (χ2n) is 3.48. The van der Waals surface area contributed by atoms with Crippen LogP contribution in [-0.4, -0.2) is 35.8 Å². The second kappa shape index (κ2) is 4.77. The molecule has 1 aromatic heterocycles. The Bertz CT molecular complexity index is 425. The first kappa shape index (κ1) is 10.7. The molecule has 1 aromatic rings. The maximum atomic E-state index is 5.48. The number of morpholine rings is 1. The van der Waals surface area contributed by atoms with Gasteiger partial charge in [0.15, 0.2) is 0 Å². The van der Waals surface area contributed by atoms with E-state index in [-0.39, 0.29) is 6.10 Å². The van der Waals surface area contributed by atoms with Crippen LogP contribution in [0.5, 0.6) is 0 Å². The van der Waals surface area contributed by atoms with E-state index < -0.39 is 0 Å². The van der Waals surface area contributed by atoms with Crippen molar-refractivity contribution in [2.24, 2.45) is 0 Å². The smallest absolute Gasteiger partial charge is 0.226 e. The molecule has 2 rings (SSSR count). The van der Waals surface area contributed by atoms with Gasteiger partial charge in [0, 0.05) is 12.7 Å². The molecular weight excluding hydrogens is 202 g/mol. The Labute approximate surface area is 95.0 Å². The average Bonchev–Trinajstić information content (AvgIpc) is 2.39. The number of anilines is 1. The lowest BCUT2D eigenvalue weighted by molar-refractivity contribution is 0.0713. The van der Waals surface area contributed by atoms with Crippen LogP contribution in [0.1, 0.15) is 5.69 Å². The predicted octanol–water partition coefficient (Wildman–Crippen LogP) is 0.849. The molecule has 0 aliphatic carbocycles. The van der Waals surface area contributed by atoms with Crippen molar-refractivity contribution in [3.05, 3.63) is 30.6 Å². The Morgan fingerprint density at radius 1 is 1.69 bits per heavy atom. The molecular formula is C12H13N3O. The van der Waals surface area contributed by atoms with Crippen molar-refractivity contribution in [2.75, 3.05) is 24.6 Å². The largest absolute Gasteiger partial charge is 0.370 e. The third kappa shape index (κ3) is 2.20. The molecule has 4 heteroatoms. The van der Waals surface area contributed by atoms with Crippen molar-refractivity contribution in [2.45, 2.75) is 6.10 Å². The topological polar surface area (TPSA) is 38.2 Å². The quantitative estimate of drug-likeness (QED) is 0.541. The first-order valence-electron chi connectivity index (χ1n) is 5.12. The van der Waals surface area contributed by atoms with Crippen LogP contribution in [0.4, 0.5) is 5.95 Å². The fourth-order valence-corrected chi connectivity index (χ4v) is 1.58. The highest BCUT2D eigenvalue weighted by atomic mass is 16.5. The minimum Gasteiger partial charge on any atom is -0.370 e. The Morgan fingerprint density at radius 3 is 3.31 bits per heavy atom. The van der Waals surface area contributed by atoms with Crippen molar-refractivity contribution in [3.63, 3.8) is 0 Å². The van der Waals surface area contributed by atoms with E-state index in [1.165, 1.54) is 0 Å². The van der Waals surface area contributed by atoms with Gasteiger partial charge in [-0.05, 0) is 6.07 Å². The maximum Gasteiger partial charge on any atom is 0.226 e. The van der Waals surface area contributed by atoms with Crippen LogP contribution in [0.25, 0.3) is 0 Å². The van der Waals surface area contributed by atoms with Crippen molar-refractivity contribution in [3.8, 4) is 12.3 Å². The molecule has 0 amide bonds. The number of aromatic nitrogens is 2. The molecule has 1 saturated heterocycles. The first-order chi connectivity index (χ1) is 7.83. The van der Waals surface area contributed by atoms with Gasteiger partial charge in [0.2, 0.25) is 5.95 Å². The van der Waals surface area contributed by atoms with Gasteiger partial charge in [0.25, 0.3) is 0 Å². The van der Waals surface area contributed by atoms with Crippen molar-refractivity contribution in [1.29, 1.82) is 0 Å². The Morgan fingerprint density at radius 2 is 2.56 bits per heavy atom. The summed E-state index contributed by atoms with van der Waals surface area (Å²) in [7, 11) is 0. The highest BCUT2D eigenvalue weighted by Gasteiger charge is 2.19. The molecule has 1 unspecified atom stereocenters. The van der Waals surface area contributed by atoms with E-state index in [9.17, 15) is 0 Å². The van der Waals surface area contributed by atoms with Gasteiger partial charge < -0.3 is 9.64 Å². The van der Waals surface area contributed by atoms with Crippen molar-refractivity contribution in [1.82, 2.24) is 9.97 Å². The minimum absolute atomic E-state index is 0.0341. The molecule has 0 bridgehead atoms. The van der Waals surface area contributed by atoms with Crippen LogP contribution in [0.3, 0.4) is 0 Å². The minimum atomic E-state index is 0.0341. The van der Waals surface area contributed by atoms with Crippen LogP contribution >= 0.6 is 0 Å². The van der Waals surface area contributed by atoms with E-state index in [0.29, 0.717) is 18.2 Å². The zero-order valence-electron chi connectivity index (χ0n) is 8.97.